The number of β-amino-alcohol motifs (C(OH)–C–C–N with tert-alkyl or cyclic N) is 1. The first-order valence-electron chi connectivity index (χ1n) is 15.0. The molecule has 0 spiro atoms. The van der Waals surface area contributed by atoms with E-state index >= 15 is 0 Å². The number of nitrogens with zero attached hydrogens (tertiary/aromatic N) is 1. The summed E-state index contributed by atoms with van der Waals surface area (Å²) in [4.78, 5) is 54.8. The number of benzene rings is 3. The highest BCUT2D eigenvalue weighted by Gasteiger charge is 2.31. The number of halogens is 1. The van der Waals surface area contributed by atoms with Crippen molar-refractivity contribution in [1.82, 2.24) is 15.5 Å². The lowest BCUT2D eigenvalue weighted by Gasteiger charge is -2.28. The third-order valence-electron chi connectivity index (χ3n) is 7.67. The quantitative estimate of drug-likeness (QED) is 0.296. The highest BCUT2D eigenvalue weighted by molar-refractivity contribution is 6.30. The van der Waals surface area contributed by atoms with Crippen molar-refractivity contribution in [2.75, 3.05) is 26.8 Å². The minimum atomic E-state index is -1.44. The smallest absolute Gasteiger partial charge is 0.328 e. The van der Waals surface area contributed by atoms with Gasteiger partial charge in [0.15, 0.2) is 0 Å². The summed E-state index contributed by atoms with van der Waals surface area (Å²) in [6, 6.07) is 20.4. The fraction of sp³-hybridized carbons (Fsp3) is 0.353. The maximum Gasteiger partial charge on any atom is 0.328 e. The van der Waals surface area contributed by atoms with Gasteiger partial charge < -0.3 is 35.2 Å². The van der Waals surface area contributed by atoms with E-state index in [1.54, 1.807) is 24.3 Å². The van der Waals surface area contributed by atoms with Gasteiger partial charge in [0.1, 0.15) is 36.6 Å². The van der Waals surface area contributed by atoms with E-state index in [-0.39, 0.29) is 48.7 Å². The summed E-state index contributed by atoms with van der Waals surface area (Å²) in [7, 11) is 1.17. The number of carbonyl (C=O) groups excluding carboxylic acids is 4. The van der Waals surface area contributed by atoms with Gasteiger partial charge in [0.25, 0.3) is 5.91 Å². The minimum Gasteiger partial charge on any atom is -0.490 e. The molecular formula is C34H38ClN3O8. The molecule has 11 nitrogen and oxygen atoms in total. The van der Waals surface area contributed by atoms with E-state index in [9.17, 15) is 29.4 Å². The molecule has 1 aliphatic heterocycles. The van der Waals surface area contributed by atoms with E-state index in [1.165, 1.54) is 30.2 Å². The number of esters is 1. The van der Waals surface area contributed by atoms with E-state index in [2.05, 4.69) is 10.6 Å². The monoisotopic (exact) mass is 651 g/mol. The Morgan fingerprint density at radius 2 is 1.63 bits per heavy atom. The number of nitrogens with one attached hydrogen (secondary N) is 2. The van der Waals surface area contributed by atoms with Crippen LogP contribution in [0, 0.1) is 0 Å². The molecule has 1 heterocycles. The second kappa shape index (κ2) is 16.7. The zero-order chi connectivity index (χ0) is 33.1. The Balaban J connectivity index is 1.67. The van der Waals surface area contributed by atoms with E-state index in [1.807, 2.05) is 36.4 Å². The van der Waals surface area contributed by atoms with Gasteiger partial charge in [-0.3, -0.25) is 14.4 Å². The summed E-state index contributed by atoms with van der Waals surface area (Å²) in [5.74, 6) is -2.47. The first-order valence-corrected chi connectivity index (χ1v) is 15.4. The Hall–Kier alpha value is -4.45. The third-order valence-corrected chi connectivity index (χ3v) is 7.90. The van der Waals surface area contributed by atoms with Crippen molar-refractivity contribution in [3.05, 3.63) is 101 Å². The molecule has 0 aliphatic carbocycles. The van der Waals surface area contributed by atoms with Crippen LogP contribution in [0.2, 0.25) is 5.02 Å². The standard InChI is InChI=1S/C34H38ClN3O8/c1-45-34(44)26-14-15-31(41)38(17-16-22-8-4-2-5-9-22)20-28(39)29(40)21-46-30-19-24(35)12-13-25(30)32(42)37-27(33(43)36-26)18-23-10-6-3-7-11-23/h2-13,19,26-29,39-40H,14-18,20-21H2,1H3,(H,36,43)(H,37,42)/t26-,27+,28+,29+/m0/s1. The maximum atomic E-state index is 13.7. The first-order chi connectivity index (χ1) is 22.1. The van der Waals surface area contributed by atoms with Crippen LogP contribution in [-0.4, -0.2) is 89.9 Å². The lowest BCUT2D eigenvalue weighted by molar-refractivity contribution is -0.146. The lowest BCUT2D eigenvalue weighted by atomic mass is 10.0. The minimum absolute atomic E-state index is 0.0175. The Bertz CT molecular complexity index is 1490. The van der Waals surface area contributed by atoms with Crippen LogP contribution in [0.25, 0.3) is 0 Å². The van der Waals surface area contributed by atoms with Crippen molar-refractivity contribution in [3.8, 4) is 5.75 Å². The Morgan fingerprint density at radius 3 is 2.30 bits per heavy atom. The van der Waals surface area contributed by atoms with Gasteiger partial charge in [-0.1, -0.05) is 72.3 Å². The van der Waals surface area contributed by atoms with E-state index in [0.29, 0.717) is 6.42 Å². The molecule has 3 aromatic rings. The van der Waals surface area contributed by atoms with Gasteiger partial charge in [0, 0.05) is 31.0 Å². The molecule has 0 radical (unpaired) electrons. The van der Waals surface area contributed by atoms with Gasteiger partial charge in [0.05, 0.1) is 12.7 Å². The maximum absolute atomic E-state index is 13.7. The van der Waals surface area contributed by atoms with E-state index in [4.69, 9.17) is 21.1 Å². The second-order valence-electron chi connectivity index (χ2n) is 11.0. The molecule has 0 aromatic heterocycles. The van der Waals surface area contributed by atoms with E-state index in [0.717, 1.165) is 11.1 Å². The molecule has 4 atom stereocenters. The molecule has 0 unspecified atom stereocenters. The van der Waals surface area contributed by atoms with Gasteiger partial charge in [0.2, 0.25) is 11.8 Å². The van der Waals surface area contributed by atoms with Crippen LogP contribution < -0.4 is 15.4 Å². The number of hydrogen-bond donors (Lipinski definition) is 4. The number of ether oxygens (including phenoxy) is 2. The average molecular weight is 652 g/mol. The number of carbonyl (C=O) groups is 4. The summed E-state index contributed by atoms with van der Waals surface area (Å²) in [6.45, 7) is -0.424. The zero-order valence-electron chi connectivity index (χ0n) is 25.4. The number of amides is 3. The highest BCUT2D eigenvalue weighted by atomic mass is 35.5. The summed E-state index contributed by atoms with van der Waals surface area (Å²) in [5.41, 5.74) is 1.75. The molecule has 0 saturated heterocycles. The lowest BCUT2D eigenvalue weighted by Crippen LogP contribution is -2.53. The summed E-state index contributed by atoms with van der Waals surface area (Å²) in [6.07, 6.45) is -2.55. The molecule has 12 heteroatoms. The molecule has 0 bridgehead atoms. The van der Waals surface area contributed by atoms with Gasteiger partial charge >= 0.3 is 5.97 Å². The number of aliphatic hydroxyl groups excluding tert-OH is 2. The number of rotatable bonds is 6. The third kappa shape index (κ3) is 9.77. The number of aliphatic hydroxyl groups is 2. The molecule has 4 rings (SSSR count). The Kier molecular flexibility index (Phi) is 12.5. The number of methoxy groups -OCH3 is 1. The van der Waals surface area contributed by atoms with Crippen LogP contribution >= 0.6 is 11.6 Å². The summed E-state index contributed by atoms with van der Waals surface area (Å²) in [5, 5.41) is 27.3. The number of hydrogen-bond acceptors (Lipinski definition) is 8. The molecule has 0 fully saturated rings. The van der Waals surface area contributed by atoms with Crippen LogP contribution in [0.4, 0.5) is 0 Å². The predicted octanol–water partition coefficient (Wildman–Crippen LogP) is 2.30. The van der Waals surface area contributed by atoms with Crippen molar-refractivity contribution < 1.29 is 38.9 Å². The molecule has 4 N–H and O–H groups in total. The molecule has 0 saturated carbocycles. The Labute approximate surface area is 272 Å². The van der Waals surface area contributed by atoms with Crippen LogP contribution in [0.15, 0.2) is 78.9 Å². The van der Waals surface area contributed by atoms with Crippen molar-refractivity contribution >= 4 is 35.3 Å². The van der Waals surface area contributed by atoms with Gasteiger partial charge in [-0.25, -0.2) is 4.79 Å². The van der Waals surface area contributed by atoms with Crippen LogP contribution in [-0.2, 0) is 32.0 Å². The van der Waals surface area contributed by atoms with Crippen molar-refractivity contribution in [2.24, 2.45) is 0 Å². The number of fused-ring (bicyclic) bond motifs is 1. The van der Waals surface area contributed by atoms with Gasteiger partial charge in [-0.05, 0) is 42.2 Å². The van der Waals surface area contributed by atoms with Crippen LogP contribution in [0.5, 0.6) is 5.75 Å². The molecule has 244 valence electrons. The predicted molar refractivity (Wildman–Crippen MR) is 170 cm³/mol. The normalized spacial score (nSPS) is 21.7. The van der Waals surface area contributed by atoms with Crippen molar-refractivity contribution in [3.63, 3.8) is 0 Å². The SMILES string of the molecule is COC(=O)[C@@H]1CCC(=O)N(CCc2ccccc2)C[C@@H](O)[C@H](O)COc2cc(Cl)ccc2C(=O)N[C@H](Cc2ccccc2)C(=O)N1. The molecular weight excluding hydrogens is 614 g/mol. The summed E-state index contributed by atoms with van der Waals surface area (Å²) < 4.78 is 10.7. The molecule has 1 aliphatic rings. The van der Waals surface area contributed by atoms with Gasteiger partial charge in [-0.2, -0.15) is 0 Å². The first kappa shape index (κ1) is 34.4. The fourth-order valence-electron chi connectivity index (χ4n) is 5.05. The zero-order valence-corrected chi connectivity index (χ0v) is 26.2. The largest absolute Gasteiger partial charge is 0.490 e. The topological polar surface area (TPSA) is 154 Å². The van der Waals surface area contributed by atoms with Crippen molar-refractivity contribution in [1.29, 1.82) is 0 Å². The van der Waals surface area contributed by atoms with Crippen LogP contribution in [0.1, 0.15) is 34.3 Å². The molecule has 46 heavy (non-hydrogen) atoms. The van der Waals surface area contributed by atoms with E-state index < -0.39 is 54.6 Å². The molecule has 3 aromatic carbocycles. The fourth-order valence-corrected chi connectivity index (χ4v) is 5.21. The van der Waals surface area contributed by atoms with Gasteiger partial charge in [-0.15, -0.1) is 0 Å². The Morgan fingerprint density at radius 1 is 0.957 bits per heavy atom. The summed E-state index contributed by atoms with van der Waals surface area (Å²) >= 11 is 6.18. The second-order valence-corrected chi connectivity index (χ2v) is 11.4. The average Bonchev–Trinajstić information content (AvgIpc) is 3.06. The highest BCUT2D eigenvalue weighted by Crippen LogP contribution is 2.24. The van der Waals surface area contributed by atoms with Crippen molar-refractivity contribution in [2.45, 2.75) is 50.0 Å². The van der Waals surface area contributed by atoms with Crippen LogP contribution in [0.3, 0.4) is 0 Å². The molecule has 3 amide bonds.